The molecular formula is C8H9NOS2. The average Bonchev–Trinajstić information content (AvgIpc) is 1.94. The molecule has 2 nitrogen and oxygen atoms in total. The van der Waals surface area contributed by atoms with E-state index in [1.807, 2.05) is 19.1 Å². The van der Waals surface area contributed by atoms with Crippen molar-refractivity contribution in [2.75, 3.05) is 0 Å². The lowest BCUT2D eigenvalue weighted by molar-refractivity contribution is 0.543. The fraction of sp³-hybridized carbons (Fsp3) is 0.125. The van der Waals surface area contributed by atoms with Crippen LogP contribution in [0.4, 0.5) is 0 Å². The van der Waals surface area contributed by atoms with Crippen molar-refractivity contribution in [1.29, 1.82) is 0 Å². The molecule has 0 radical (unpaired) electrons. The second-order valence-electron chi connectivity index (χ2n) is 2.39. The molecule has 1 aromatic carbocycles. The van der Waals surface area contributed by atoms with Gasteiger partial charge in [-0.25, -0.2) is 0 Å². The van der Waals surface area contributed by atoms with E-state index in [1.165, 1.54) is 0 Å². The van der Waals surface area contributed by atoms with E-state index in [9.17, 15) is 0 Å². The molecule has 0 unspecified atom stereocenters. The molecule has 2 N–H and O–H groups in total. The topological polar surface area (TPSA) is 35.2 Å². The fourth-order valence-electron chi connectivity index (χ4n) is 0.822. The Morgan fingerprint density at radius 1 is 1.58 bits per heavy atom. The van der Waals surface area contributed by atoms with Gasteiger partial charge >= 0.3 is 0 Å². The van der Waals surface area contributed by atoms with Gasteiger partial charge in [-0.1, -0.05) is 6.07 Å². The standard InChI is InChI=1S/C8H9NOS2/c1-5-2-3-6(7(11)4-5)10-8(9)12/h2-4,11H,1H3,(H2,9,12). The van der Waals surface area contributed by atoms with Gasteiger partial charge in [-0.15, -0.1) is 12.6 Å². The molecule has 0 aliphatic heterocycles. The SMILES string of the molecule is Cc1ccc(OC(N)=S)c(S)c1. The number of thiocarbonyl (C=S) groups is 1. The van der Waals surface area contributed by atoms with E-state index in [-0.39, 0.29) is 5.17 Å². The molecule has 64 valence electrons. The summed E-state index contributed by atoms with van der Waals surface area (Å²) < 4.78 is 5.03. The smallest absolute Gasteiger partial charge is 0.259 e. The monoisotopic (exact) mass is 199 g/mol. The van der Waals surface area contributed by atoms with E-state index in [4.69, 9.17) is 10.5 Å². The molecule has 0 fully saturated rings. The Kier molecular flexibility index (Phi) is 2.94. The van der Waals surface area contributed by atoms with Crippen molar-refractivity contribution in [3.8, 4) is 5.75 Å². The minimum absolute atomic E-state index is 0.00848. The van der Waals surface area contributed by atoms with Crippen LogP contribution in [0.15, 0.2) is 23.1 Å². The number of ether oxygens (including phenoxy) is 1. The molecule has 0 spiro atoms. The molecule has 12 heavy (non-hydrogen) atoms. The summed E-state index contributed by atoms with van der Waals surface area (Å²) in [7, 11) is 0. The number of benzene rings is 1. The van der Waals surface area contributed by atoms with Crippen molar-refractivity contribution >= 4 is 30.0 Å². The van der Waals surface area contributed by atoms with Gasteiger partial charge in [0, 0.05) is 4.90 Å². The normalized spacial score (nSPS) is 9.50. The highest BCUT2D eigenvalue weighted by atomic mass is 32.1. The molecule has 4 heteroatoms. The third-order valence-corrected chi connectivity index (χ3v) is 1.76. The second kappa shape index (κ2) is 3.78. The summed E-state index contributed by atoms with van der Waals surface area (Å²) in [5, 5.41) is 0.00848. The summed E-state index contributed by atoms with van der Waals surface area (Å²) in [5.41, 5.74) is 6.33. The first-order chi connectivity index (χ1) is 5.59. The van der Waals surface area contributed by atoms with E-state index in [2.05, 4.69) is 24.8 Å². The van der Waals surface area contributed by atoms with Crippen LogP contribution in [0.1, 0.15) is 5.56 Å². The van der Waals surface area contributed by atoms with Gasteiger partial charge < -0.3 is 10.5 Å². The predicted octanol–water partition coefficient (Wildman–Crippen LogP) is 1.91. The third kappa shape index (κ3) is 2.39. The Morgan fingerprint density at radius 2 is 2.25 bits per heavy atom. The van der Waals surface area contributed by atoms with Gasteiger partial charge in [0.15, 0.2) is 0 Å². The minimum Gasteiger partial charge on any atom is -0.431 e. The number of aryl methyl sites for hydroxylation is 1. The van der Waals surface area contributed by atoms with Gasteiger partial charge in [-0.05, 0) is 36.8 Å². The molecule has 0 atom stereocenters. The highest BCUT2D eigenvalue weighted by molar-refractivity contribution is 7.80. The molecule has 0 saturated heterocycles. The zero-order valence-electron chi connectivity index (χ0n) is 6.57. The Labute approximate surface area is 82.1 Å². The van der Waals surface area contributed by atoms with Gasteiger partial charge in [0.25, 0.3) is 5.17 Å². The number of nitrogens with two attached hydrogens (primary N) is 1. The highest BCUT2D eigenvalue weighted by Crippen LogP contribution is 2.23. The fourth-order valence-corrected chi connectivity index (χ4v) is 1.24. The van der Waals surface area contributed by atoms with Gasteiger partial charge in [-0.2, -0.15) is 0 Å². The first-order valence-corrected chi connectivity index (χ1v) is 4.22. The van der Waals surface area contributed by atoms with E-state index < -0.39 is 0 Å². The first-order valence-electron chi connectivity index (χ1n) is 3.36. The Hall–Kier alpha value is -0.740. The quantitative estimate of drug-likeness (QED) is 0.535. The molecule has 0 bridgehead atoms. The predicted molar refractivity (Wildman–Crippen MR) is 55.8 cm³/mol. The average molecular weight is 199 g/mol. The Bertz CT molecular complexity index is 312. The Morgan fingerprint density at radius 3 is 2.75 bits per heavy atom. The van der Waals surface area contributed by atoms with Crippen molar-refractivity contribution in [3.63, 3.8) is 0 Å². The molecular weight excluding hydrogens is 190 g/mol. The van der Waals surface area contributed by atoms with E-state index in [0.717, 1.165) is 10.5 Å². The lowest BCUT2D eigenvalue weighted by atomic mass is 10.2. The van der Waals surface area contributed by atoms with Crippen LogP contribution in [0.3, 0.4) is 0 Å². The molecule has 0 aliphatic rings. The number of thiol groups is 1. The van der Waals surface area contributed by atoms with E-state index >= 15 is 0 Å². The number of rotatable bonds is 1. The lowest BCUT2D eigenvalue weighted by Gasteiger charge is -2.05. The van der Waals surface area contributed by atoms with Crippen LogP contribution >= 0.6 is 24.8 Å². The van der Waals surface area contributed by atoms with Crippen LogP contribution in [0, 0.1) is 6.92 Å². The first kappa shape index (κ1) is 9.35. The molecule has 0 amide bonds. The van der Waals surface area contributed by atoms with Crippen molar-refractivity contribution < 1.29 is 4.74 Å². The number of hydrogen-bond acceptors (Lipinski definition) is 3. The third-order valence-electron chi connectivity index (χ3n) is 1.32. The molecule has 0 saturated carbocycles. The summed E-state index contributed by atoms with van der Waals surface area (Å²) in [6, 6.07) is 5.58. The van der Waals surface area contributed by atoms with Gasteiger partial charge in [-0.3, -0.25) is 0 Å². The van der Waals surface area contributed by atoms with Crippen molar-refractivity contribution in [1.82, 2.24) is 0 Å². The van der Waals surface area contributed by atoms with Crippen LogP contribution in [-0.2, 0) is 0 Å². The molecule has 1 rings (SSSR count). The molecule has 0 heterocycles. The number of hydrogen-bond donors (Lipinski definition) is 2. The molecule has 0 aromatic heterocycles. The second-order valence-corrected chi connectivity index (χ2v) is 3.28. The maximum atomic E-state index is 5.21. The minimum atomic E-state index is 0.00848. The molecule has 1 aromatic rings. The van der Waals surface area contributed by atoms with Crippen LogP contribution in [0.2, 0.25) is 0 Å². The lowest BCUT2D eigenvalue weighted by Crippen LogP contribution is -2.16. The largest absolute Gasteiger partial charge is 0.431 e. The van der Waals surface area contributed by atoms with Crippen molar-refractivity contribution in [3.05, 3.63) is 23.8 Å². The van der Waals surface area contributed by atoms with E-state index in [0.29, 0.717) is 5.75 Å². The van der Waals surface area contributed by atoms with Crippen molar-refractivity contribution in [2.24, 2.45) is 5.73 Å². The summed E-state index contributed by atoms with van der Waals surface area (Å²) in [4.78, 5) is 0.739. The van der Waals surface area contributed by atoms with Crippen LogP contribution in [0.25, 0.3) is 0 Å². The zero-order valence-corrected chi connectivity index (χ0v) is 8.28. The zero-order chi connectivity index (χ0) is 9.14. The van der Waals surface area contributed by atoms with Gasteiger partial charge in [0.1, 0.15) is 5.75 Å². The van der Waals surface area contributed by atoms with Gasteiger partial charge in [0.2, 0.25) is 0 Å². The van der Waals surface area contributed by atoms with Crippen LogP contribution < -0.4 is 10.5 Å². The maximum absolute atomic E-state index is 5.21. The van der Waals surface area contributed by atoms with Crippen LogP contribution in [0.5, 0.6) is 5.75 Å². The summed E-state index contributed by atoms with van der Waals surface area (Å²) in [6.45, 7) is 1.98. The summed E-state index contributed by atoms with van der Waals surface area (Å²) in [5.74, 6) is 0.594. The Balaban J connectivity index is 2.93. The highest BCUT2D eigenvalue weighted by Gasteiger charge is 2.00. The maximum Gasteiger partial charge on any atom is 0.259 e. The van der Waals surface area contributed by atoms with Crippen molar-refractivity contribution in [2.45, 2.75) is 11.8 Å². The molecule has 0 aliphatic carbocycles. The summed E-state index contributed by atoms with van der Waals surface area (Å²) in [6.07, 6.45) is 0. The van der Waals surface area contributed by atoms with Crippen LogP contribution in [-0.4, -0.2) is 5.17 Å². The van der Waals surface area contributed by atoms with E-state index in [1.54, 1.807) is 6.07 Å². The summed E-state index contributed by atoms with van der Waals surface area (Å²) >= 11 is 8.79. The van der Waals surface area contributed by atoms with Gasteiger partial charge in [0.05, 0.1) is 0 Å².